The Hall–Kier alpha value is -3.42. The fourth-order valence-corrected chi connectivity index (χ4v) is 4.18. The minimum absolute atomic E-state index is 0.0768. The van der Waals surface area contributed by atoms with Crippen LogP contribution in [0.4, 0.5) is 5.69 Å². The first-order valence-corrected chi connectivity index (χ1v) is 12.3. The predicted molar refractivity (Wildman–Crippen MR) is 141 cm³/mol. The monoisotopic (exact) mass is 527 g/mol. The van der Waals surface area contributed by atoms with Gasteiger partial charge in [-0.2, -0.15) is 0 Å². The molecular formula is C27H27Cl2N3O4. The molecule has 1 unspecified atom stereocenters. The van der Waals surface area contributed by atoms with Gasteiger partial charge in [-0.05, 0) is 29.7 Å². The summed E-state index contributed by atoms with van der Waals surface area (Å²) in [4.78, 5) is 39.5. The minimum atomic E-state index is -0.844. The van der Waals surface area contributed by atoms with Crippen LogP contribution in [0.3, 0.4) is 0 Å². The molecule has 0 radical (unpaired) electrons. The number of carbonyl (C=O) groups excluding carboxylic acids is 2. The third-order valence-electron chi connectivity index (χ3n) is 5.69. The Morgan fingerprint density at radius 2 is 1.67 bits per heavy atom. The summed E-state index contributed by atoms with van der Waals surface area (Å²) >= 11 is 12.3. The van der Waals surface area contributed by atoms with Crippen molar-refractivity contribution < 1.29 is 14.5 Å². The summed E-state index contributed by atoms with van der Waals surface area (Å²) in [6.07, 6.45) is 0.784. The molecule has 1 atom stereocenters. The normalized spacial score (nSPS) is 11.5. The standard InChI is InChI=1S/C27H27Cl2N3O4/c1-2-14-30-27(34)25(16-19-8-4-3-5-9-19)31(18-20-12-13-22(28)23(29)15-20)26(33)17-21-10-6-7-11-24(21)32(35)36/h3-13,15,25H,2,14,16-18H2,1H3,(H,30,34). The number of nitrogens with one attached hydrogen (secondary N) is 1. The van der Waals surface area contributed by atoms with Crippen LogP contribution in [-0.4, -0.2) is 34.2 Å². The van der Waals surface area contributed by atoms with E-state index in [1.807, 2.05) is 37.3 Å². The summed E-state index contributed by atoms with van der Waals surface area (Å²) in [6.45, 7) is 2.48. The van der Waals surface area contributed by atoms with E-state index in [0.29, 0.717) is 22.2 Å². The Bertz CT molecular complexity index is 1220. The van der Waals surface area contributed by atoms with E-state index < -0.39 is 16.9 Å². The summed E-state index contributed by atoms with van der Waals surface area (Å²) in [5.74, 6) is -0.709. The second-order valence-corrected chi connectivity index (χ2v) is 9.14. The van der Waals surface area contributed by atoms with Gasteiger partial charge in [-0.25, -0.2) is 0 Å². The molecule has 0 saturated heterocycles. The number of nitro benzene ring substituents is 1. The van der Waals surface area contributed by atoms with Gasteiger partial charge in [0.2, 0.25) is 11.8 Å². The molecule has 36 heavy (non-hydrogen) atoms. The van der Waals surface area contributed by atoms with Gasteiger partial charge in [0.1, 0.15) is 6.04 Å². The Labute approximate surface area is 220 Å². The number of halogens is 2. The first kappa shape index (κ1) is 27.2. The molecule has 188 valence electrons. The molecule has 3 rings (SSSR count). The quantitative estimate of drug-likeness (QED) is 0.259. The van der Waals surface area contributed by atoms with Crippen molar-refractivity contribution in [3.63, 3.8) is 0 Å². The second-order valence-electron chi connectivity index (χ2n) is 8.33. The SMILES string of the molecule is CCCNC(=O)C(Cc1ccccc1)N(Cc1ccc(Cl)c(Cl)c1)C(=O)Cc1ccccc1[N+](=O)[O-]. The number of nitro groups is 1. The fourth-order valence-electron chi connectivity index (χ4n) is 3.86. The van der Waals surface area contributed by atoms with Crippen LogP contribution < -0.4 is 5.32 Å². The lowest BCUT2D eigenvalue weighted by Gasteiger charge is -2.31. The molecule has 0 aromatic heterocycles. The molecule has 0 spiro atoms. The molecule has 1 N–H and O–H groups in total. The smallest absolute Gasteiger partial charge is 0.273 e. The van der Waals surface area contributed by atoms with Crippen LogP contribution in [0.25, 0.3) is 0 Å². The van der Waals surface area contributed by atoms with E-state index in [-0.39, 0.29) is 36.5 Å². The van der Waals surface area contributed by atoms with Gasteiger partial charge in [-0.1, -0.05) is 84.7 Å². The van der Waals surface area contributed by atoms with Gasteiger partial charge >= 0.3 is 0 Å². The van der Waals surface area contributed by atoms with Crippen molar-refractivity contribution in [2.45, 2.75) is 38.8 Å². The summed E-state index contributed by atoms with van der Waals surface area (Å²) < 4.78 is 0. The molecule has 7 nitrogen and oxygen atoms in total. The van der Waals surface area contributed by atoms with Crippen molar-refractivity contribution in [3.05, 3.63) is 110 Å². The van der Waals surface area contributed by atoms with Crippen LogP contribution in [0, 0.1) is 10.1 Å². The molecule has 0 bridgehead atoms. The van der Waals surface area contributed by atoms with Gasteiger partial charge < -0.3 is 10.2 Å². The first-order valence-electron chi connectivity index (χ1n) is 11.6. The summed E-state index contributed by atoms with van der Waals surface area (Å²) in [7, 11) is 0. The molecular weight excluding hydrogens is 501 g/mol. The summed E-state index contributed by atoms with van der Waals surface area (Å²) in [6, 6.07) is 19.7. The average molecular weight is 528 g/mol. The zero-order chi connectivity index (χ0) is 26.1. The largest absolute Gasteiger partial charge is 0.354 e. The molecule has 0 heterocycles. The van der Waals surface area contributed by atoms with Crippen molar-refractivity contribution in [2.75, 3.05) is 6.54 Å². The number of nitrogens with zero attached hydrogens (tertiary/aromatic N) is 2. The Kier molecular flexibility index (Phi) is 9.85. The number of benzene rings is 3. The highest BCUT2D eigenvalue weighted by atomic mass is 35.5. The summed E-state index contributed by atoms with van der Waals surface area (Å²) in [5.41, 5.74) is 1.70. The summed E-state index contributed by atoms with van der Waals surface area (Å²) in [5, 5.41) is 15.1. The van der Waals surface area contributed by atoms with Gasteiger partial charge in [0.05, 0.1) is 21.4 Å². The number of hydrogen-bond acceptors (Lipinski definition) is 4. The van der Waals surface area contributed by atoms with Crippen molar-refractivity contribution in [3.8, 4) is 0 Å². The zero-order valence-electron chi connectivity index (χ0n) is 19.8. The highest BCUT2D eigenvalue weighted by Gasteiger charge is 2.31. The van der Waals surface area contributed by atoms with Gasteiger partial charge in [0, 0.05) is 31.1 Å². The number of hydrogen-bond donors (Lipinski definition) is 1. The van der Waals surface area contributed by atoms with E-state index in [2.05, 4.69) is 5.32 Å². The highest BCUT2D eigenvalue weighted by Crippen LogP contribution is 2.25. The van der Waals surface area contributed by atoms with Crippen LogP contribution in [0.15, 0.2) is 72.8 Å². The fraction of sp³-hybridized carbons (Fsp3) is 0.259. The van der Waals surface area contributed by atoms with Crippen molar-refractivity contribution >= 4 is 40.7 Å². The molecule has 0 aliphatic heterocycles. The lowest BCUT2D eigenvalue weighted by atomic mass is 10.0. The number of amides is 2. The molecule has 2 amide bonds. The van der Waals surface area contributed by atoms with Gasteiger partial charge in [0.15, 0.2) is 0 Å². The van der Waals surface area contributed by atoms with Gasteiger partial charge in [0.25, 0.3) is 5.69 Å². The minimum Gasteiger partial charge on any atom is -0.354 e. The van der Waals surface area contributed by atoms with E-state index in [4.69, 9.17) is 23.2 Å². The molecule has 0 saturated carbocycles. The highest BCUT2D eigenvalue weighted by molar-refractivity contribution is 6.42. The van der Waals surface area contributed by atoms with Crippen molar-refractivity contribution in [2.24, 2.45) is 0 Å². The van der Waals surface area contributed by atoms with Crippen LogP contribution in [-0.2, 0) is 29.0 Å². The van der Waals surface area contributed by atoms with E-state index in [1.165, 1.54) is 11.0 Å². The molecule has 3 aromatic carbocycles. The van der Waals surface area contributed by atoms with E-state index in [1.54, 1.807) is 36.4 Å². The molecule has 3 aromatic rings. The second kappa shape index (κ2) is 13.0. The van der Waals surface area contributed by atoms with Crippen LogP contribution in [0.2, 0.25) is 10.0 Å². The van der Waals surface area contributed by atoms with Crippen molar-refractivity contribution in [1.29, 1.82) is 0 Å². The zero-order valence-corrected chi connectivity index (χ0v) is 21.3. The van der Waals surface area contributed by atoms with Gasteiger partial charge in [-0.3, -0.25) is 19.7 Å². The van der Waals surface area contributed by atoms with Crippen LogP contribution >= 0.6 is 23.2 Å². The van der Waals surface area contributed by atoms with Crippen molar-refractivity contribution in [1.82, 2.24) is 10.2 Å². The Morgan fingerprint density at radius 1 is 0.972 bits per heavy atom. The number of rotatable bonds is 11. The number of para-hydroxylation sites is 1. The predicted octanol–water partition coefficient (Wildman–Crippen LogP) is 5.61. The third-order valence-corrected chi connectivity index (χ3v) is 6.43. The molecule has 9 heteroatoms. The lowest BCUT2D eigenvalue weighted by Crippen LogP contribution is -2.51. The lowest BCUT2D eigenvalue weighted by molar-refractivity contribution is -0.385. The number of carbonyl (C=O) groups is 2. The maximum Gasteiger partial charge on any atom is 0.273 e. The maximum absolute atomic E-state index is 13.7. The van der Waals surface area contributed by atoms with E-state index in [9.17, 15) is 19.7 Å². The maximum atomic E-state index is 13.7. The average Bonchev–Trinajstić information content (AvgIpc) is 2.87. The van der Waals surface area contributed by atoms with Crippen LogP contribution in [0.5, 0.6) is 0 Å². The molecule has 0 fully saturated rings. The van der Waals surface area contributed by atoms with E-state index in [0.717, 1.165) is 12.0 Å². The van der Waals surface area contributed by atoms with Crippen LogP contribution in [0.1, 0.15) is 30.0 Å². The van der Waals surface area contributed by atoms with Gasteiger partial charge in [-0.15, -0.1) is 0 Å². The van der Waals surface area contributed by atoms with E-state index >= 15 is 0 Å². The Balaban J connectivity index is 2.01. The first-order chi connectivity index (χ1) is 17.3. The molecule has 0 aliphatic carbocycles. The molecule has 0 aliphatic rings. The Morgan fingerprint density at radius 3 is 2.33 bits per heavy atom. The third kappa shape index (κ3) is 7.29. The topological polar surface area (TPSA) is 92.6 Å².